The largest absolute Gasteiger partial charge is 0.493 e. The van der Waals surface area contributed by atoms with Gasteiger partial charge in [-0.25, -0.2) is 14.3 Å². The van der Waals surface area contributed by atoms with Crippen LogP contribution in [0, 0.1) is 0 Å². The van der Waals surface area contributed by atoms with Crippen molar-refractivity contribution in [2.45, 2.75) is 13.0 Å². The van der Waals surface area contributed by atoms with E-state index in [1.807, 2.05) is 30.3 Å². The third-order valence-corrected chi connectivity index (χ3v) is 4.11. The van der Waals surface area contributed by atoms with Gasteiger partial charge in [0.1, 0.15) is 6.04 Å². The lowest BCUT2D eigenvalue weighted by molar-refractivity contribution is 0.324. The fraction of sp³-hybridized carbons (Fsp3) is 0.167. The van der Waals surface area contributed by atoms with Crippen LogP contribution in [0.2, 0.25) is 0 Å². The monoisotopic (exact) mass is 366 g/mol. The number of hydrogen-bond acceptors (Lipinski definition) is 8. The molecule has 27 heavy (non-hydrogen) atoms. The minimum Gasteiger partial charge on any atom is -0.493 e. The topological polar surface area (TPSA) is 113 Å². The summed E-state index contributed by atoms with van der Waals surface area (Å²) < 4.78 is 16.5. The normalized spacial score (nSPS) is 12.2. The number of pyridine rings is 1. The lowest BCUT2D eigenvalue weighted by Crippen LogP contribution is -2.35. The molecule has 136 valence electrons. The Kier molecular flexibility index (Phi) is 4.03. The maximum Gasteiger partial charge on any atom is 0.423 e. The molecule has 0 saturated carbocycles. The van der Waals surface area contributed by atoms with E-state index >= 15 is 0 Å². The highest BCUT2D eigenvalue weighted by Crippen LogP contribution is 2.22. The Hall–Kier alpha value is -3.75. The van der Waals surface area contributed by atoms with Gasteiger partial charge in [0.2, 0.25) is 17.3 Å². The molecule has 0 amide bonds. The fourth-order valence-electron chi connectivity index (χ4n) is 2.73. The quantitative estimate of drug-likeness (QED) is 0.539. The van der Waals surface area contributed by atoms with E-state index in [-0.39, 0.29) is 22.7 Å². The van der Waals surface area contributed by atoms with Gasteiger partial charge in [0, 0.05) is 17.8 Å². The molecule has 0 saturated heterocycles. The average molecular weight is 366 g/mol. The average Bonchev–Trinajstić information content (AvgIpc) is 3.18. The second kappa shape index (κ2) is 6.52. The van der Waals surface area contributed by atoms with E-state index < -0.39 is 17.4 Å². The molecule has 4 aromatic rings. The van der Waals surface area contributed by atoms with Crippen LogP contribution in [0.3, 0.4) is 0 Å². The summed E-state index contributed by atoms with van der Waals surface area (Å²) in [6, 6.07) is 9.87. The molecule has 0 aliphatic carbocycles. The number of nitrogens with zero attached hydrogens (tertiary/aromatic N) is 4. The second-order valence-corrected chi connectivity index (χ2v) is 5.73. The zero-order valence-electron chi connectivity index (χ0n) is 14.4. The lowest BCUT2D eigenvalue weighted by atomic mass is 10.2. The number of rotatable bonds is 4. The van der Waals surface area contributed by atoms with Crippen molar-refractivity contribution in [1.29, 1.82) is 0 Å². The van der Waals surface area contributed by atoms with E-state index in [0.717, 1.165) is 10.1 Å². The van der Waals surface area contributed by atoms with Crippen LogP contribution in [-0.2, 0) is 0 Å². The van der Waals surface area contributed by atoms with E-state index in [9.17, 15) is 9.59 Å². The highest BCUT2D eigenvalue weighted by atomic mass is 16.5. The summed E-state index contributed by atoms with van der Waals surface area (Å²) in [5.74, 6) is -0.162. The summed E-state index contributed by atoms with van der Waals surface area (Å²) in [6.45, 7) is 1.59. The molecule has 0 unspecified atom stereocenters. The number of benzene rings is 1. The predicted molar refractivity (Wildman–Crippen MR) is 94.6 cm³/mol. The first-order valence-corrected chi connectivity index (χ1v) is 8.07. The van der Waals surface area contributed by atoms with Gasteiger partial charge in [0.15, 0.2) is 11.3 Å². The third-order valence-electron chi connectivity index (χ3n) is 4.11. The summed E-state index contributed by atoms with van der Waals surface area (Å²) in [5.41, 5.74) is 0.0914. The van der Waals surface area contributed by atoms with Gasteiger partial charge in [-0.3, -0.25) is 4.79 Å². The predicted octanol–water partition coefficient (Wildman–Crippen LogP) is 2.02. The van der Waals surface area contributed by atoms with Crippen LogP contribution in [0.1, 0.15) is 18.9 Å². The van der Waals surface area contributed by atoms with Crippen molar-refractivity contribution in [3.8, 4) is 17.1 Å². The summed E-state index contributed by atoms with van der Waals surface area (Å²) in [4.78, 5) is 33.5. The number of aromatic nitrogens is 4. The van der Waals surface area contributed by atoms with Gasteiger partial charge < -0.3 is 13.7 Å². The van der Waals surface area contributed by atoms with E-state index in [1.165, 1.54) is 19.4 Å². The standard InChI is InChI=1S/C18H14N4O5/c1-10(16-20-15(21-27-16)11-6-4-3-5-7-11)22-17(23)13-14(26-18(22)24)12(25-2)8-9-19-13/h3-10H,1-2H3/t10-/m0/s1. The first kappa shape index (κ1) is 16.7. The van der Waals surface area contributed by atoms with Gasteiger partial charge in [0.05, 0.1) is 7.11 Å². The fourth-order valence-corrected chi connectivity index (χ4v) is 2.73. The Bertz CT molecular complexity index is 1230. The molecule has 3 aromatic heterocycles. The molecule has 3 heterocycles. The van der Waals surface area contributed by atoms with Crippen LogP contribution >= 0.6 is 0 Å². The summed E-state index contributed by atoms with van der Waals surface area (Å²) >= 11 is 0. The van der Waals surface area contributed by atoms with Gasteiger partial charge in [-0.2, -0.15) is 4.98 Å². The molecular weight excluding hydrogens is 352 g/mol. The summed E-state index contributed by atoms with van der Waals surface area (Å²) in [5, 5.41) is 3.91. The van der Waals surface area contributed by atoms with Crippen LogP contribution in [0.4, 0.5) is 0 Å². The minimum absolute atomic E-state index is 0.00560. The van der Waals surface area contributed by atoms with Crippen molar-refractivity contribution in [3.63, 3.8) is 0 Å². The van der Waals surface area contributed by atoms with Crippen molar-refractivity contribution in [2.24, 2.45) is 0 Å². The van der Waals surface area contributed by atoms with E-state index in [2.05, 4.69) is 15.1 Å². The Morgan fingerprint density at radius 2 is 1.93 bits per heavy atom. The highest BCUT2D eigenvalue weighted by Gasteiger charge is 2.24. The molecule has 0 radical (unpaired) electrons. The number of hydrogen-bond donors (Lipinski definition) is 0. The van der Waals surface area contributed by atoms with Gasteiger partial charge in [-0.05, 0) is 6.92 Å². The molecule has 4 rings (SSSR count). The lowest BCUT2D eigenvalue weighted by Gasteiger charge is -2.10. The molecular formula is C18H14N4O5. The number of fused-ring (bicyclic) bond motifs is 1. The van der Waals surface area contributed by atoms with E-state index in [1.54, 1.807) is 6.92 Å². The smallest absolute Gasteiger partial charge is 0.423 e. The first-order valence-electron chi connectivity index (χ1n) is 8.07. The first-order chi connectivity index (χ1) is 13.1. The second-order valence-electron chi connectivity index (χ2n) is 5.73. The number of methoxy groups -OCH3 is 1. The Morgan fingerprint density at radius 3 is 2.67 bits per heavy atom. The van der Waals surface area contributed by atoms with Crippen molar-refractivity contribution in [3.05, 3.63) is 69.4 Å². The third kappa shape index (κ3) is 2.78. The summed E-state index contributed by atoms with van der Waals surface area (Å²) in [6.07, 6.45) is 1.40. The van der Waals surface area contributed by atoms with Gasteiger partial charge >= 0.3 is 5.76 Å². The molecule has 1 atom stereocenters. The molecule has 1 aromatic carbocycles. The Morgan fingerprint density at radius 1 is 1.15 bits per heavy atom. The minimum atomic E-state index is -0.870. The maximum absolute atomic E-state index is 12.8. The van der Waals surface area contributed by atoms with E-state index in [4.69, 9.17) is 13.7 Å². The van der Waals surface area contributed by atoms with Crippen LogP contribution in [0.15, 0.2) is 61.1 Å². The number of ether oxygens (including phenoxy) is 1. The van der Waals surface area contributed by atoms with Crippen molar-refractivity contribution >= 4 is 11.1 Å². The highest BCUT2D eigenvalue weighted by molar-refractivity contribution is 5.77. The molecule has 9 nitrogen and oxygen atoms in total. The van der Waals surface area contributed by atoms with Crippen LogP contribution in [0.25, 0.3) is 22.5 Å². The van der Waals surface area contributed by atoms with Crippen molar-refractivity contribution in [2.75, 3.05) is 7.11 Å². The molecule has 9 heteroatoms. The van der Waals surface area contributed by atoms with Crippen LogP contribution < -0.4 is 16.1 Å². The van der Waals surface area contributed by atoms with Gasteiger partial charge in [-0.1, -0.05) is 35.5 Å². The Balaban J connectivity index is 1.82. The molecule has 0 aliphatic rings. The van der Waals surface area contributed by atoms with Gasteiger partial charge in [-0.15, -0.1) is 0 Å². The maximum atomic E-state index is 12.8. The van der Waals surface area contributed by atoms with Crippen LogP contribution in [-0.4, -0.2) is 26.8 Å². The molecule has 0 N–H and O–H groups in total. The molecule has 0 spiro atoms. The Labute approximate surface area is 151 Å². The summed E-state index contributed by atoms with van der Waals surface area (Å²) in [7, 11) is 1.41. The van der Waals surface area contributed by atoms with Crippen LogP contribution in [0.5, 0.6) is 5.75 Å². The van der Waals surface area contributed by atoms with Crippen molar-refractivity contribution < 1.29 is 13.7 Å². The van der Waals surface area contributed by atoms with Crippen molar-refractivity contribution in [1.82, 2.24) is 19.7 Å². The molecule has 0 aliphatic heterocycles. The molecule has 0 fully saturated rings. The van der Waals surface area contributed by atoms with E-state index in [0.29, 0.717) is 5.82 Å². The van der Waals surface area contributed by atoms with Gasteiger partial charge in [0.25, 0.3) is 5.56 Å². The zero-order chi connectivity index (χ0) is 19.0. The SMILES string of the molecule is COc1ccnc2c(=O)n([C@@H](C)c3nc(-c4ccccc4)no3)c(=O)oc12. The zero-order valence-corrected chi connectivity index (χ0v) is 14.4. The molecule has 0 bridgehead atoms.